The molecule has 0 saturated carbocycles. The summed E-state index contributed by atoms with van der Waals surface area (Å²) in [6.45, 7) is 10.3. The molecule has 0 aliphatic carbocycles. The fourth-order valence-corrected chi connectivity index (χ4v) is 4.17. The van der Waals surface area contributed by atoms with E-state index in [1.165, 1.54) is 22.3 Å². The number of carbonyl (C=O) groups is 2. The average Bonchev–Trinajstić information content (AvgIpc) is 2.93. The number of carboxylic acids is 1. The van der Waals surface area contributed by atoms with E-state index >= 15 is 0 Å². The van der Waals surface area contributed by atoms with Crippen molar-refractivity contribution >= 4 is 40.2 Å². The van der Waals surface area contributed by atoms with Crippen LogP contribution in [0.25, 0.3) is 0 Å². The maximum atomic E-state index is 12.2. The Bertz CT molecular complexity index is 828. The zero-order valence-electron chi connectivity index (χ0n) is 19.4. The van der Waals surface area contributed by atoms with Crippen LogP contribution < -0.4 is 0 Å². The molecule has 0 aromatic heterocycles. The van der Waals surface area contributed by atoms with E-state index in [1.807, 2.05) is 13.0 Å². The number of rotatable bonds is 12. The van der Waals surface area contributed by atoms with Gasteiger partial charge in [-0.05, 0) is 79.2 Å². The third kappa shape index (κ3) is 11.3. The van der Waals surface area contributed by atoms with Crippen LogP contribution >= 0.6 is 24.0 Å². The average molecular weight is 462 g/mol. The number of hydrogen-bond acceptors (Lipinski definition) is 4. The van der Waals surface area contributed by atoms with E-state index < -0.39 is 5.97 Å². The molecule has 0 bridgehead atoms. The molecule has 1 fully saturated rings. The summed E-state index contributed by atoms with van der Waals surface area (Å²) in [5.74, 6) is -1.40. The summed E-state index contributed by atoms with van der Waals surface area (Å²) >= 11 is 6.25. The van der Waals surface area contributed by atoms with Gasteiger partial charge in [0, 0.05) is 0 Å². The standard InChI is InChI=1S/C25H35NO3S2/c1-18(2)9-6-10-19(3)11-7-12-20(4)13-8-14-21(5)15-16-22-24(29)26(17-23(27)28)25(30)31-22/h9,11,13,15-16H,6-8,10,12,14,17H2,1-5H3,(H,27,28)/b19-11+,20-13+,21-15+,22-16-. The molecule has 1 rings (SSSR count). The van der Waals surface area contributed by atoms with Crippen molar-refractivity contribution in [2.45, 2.75) is 73.1 Å². The van der Waals surface area contributed by atoms with Gasteiger partial charge in [0.15, 0.2) is 0 Å². The van der Waals surface area contributed by atoms with Gasteiger partial charge < -0.3 is 5.11 Å². The number of nitrogens with zero attached hydrogens (tertiary/aromatic N) is 1. The molecular formula is C25H35NO3S2. The zero-order valence-corrected chi connectivity index (χ0v) is 21.0. The third-order valence-electron chi connectivity index (χ3n) is 4.84. The lowest BCUT2D eigenvalue weighted by atomic mass is 10.0. The Labute approximate surface area is 196 Å². The van der Waals surface area contributed by atoms with Gasteiger partial charge in [-0.25, -0.2) is 0 Å². The molecule has 1 amide bonds. The second-order valence-electron chi connectivity index (χ2n) is 8.20. The van der Waals surface area contributed by atoms with Gasteiger partial charge in [0.2, 0.25) is 0 Å². The largest absolute Gasteiger partial charge is 0.480 e. The Morgan fingerprint density at radius 1 is 0.935 bits per heavy atom. The van der Waals surface area contributed by atoms with E-state index in [0.29, 0.717) is 9.23 Å². The van der Waals surface area contributed by atoms with Crippen molar-refractivity contribution in [1.29, 1.82) is 0 Å². The minimum Gasteiger partial charge on any atom is -0.480 e. The molecule has 0 spiro atoms. The number of allylic oxidation sites excluding steroid dienone is 9. The highest BCUT2D eigenvalue weighted by atomic mass is 32.2. The highest BCUT2D eigenvalue weighted by Gasteiger charge is 2.32. The molecule has 0 atom stereocenters. The summed E-state index contributed by atoms with van der Waals surface area (Å²) < 4.78 is 0.296. The molecule has 0 unspecified atom stereocenters. The van der Waals surface area contributed by atoms with E-state index in [2.05, 4.69) is 45.9 Å². The second-order valence-corrected chi connectivity index (χ2v) is 9.87. The molecular weight excluding hydrogens is 426 g/mol. The molecule has 170 valence electrons. The molecule has 4 nitrogen and oxygen atoms in total. The van der Waals surface area contributed by atoms with Crippen LogP contribution in [0.4, 0.5) is 0 Å². The van der Waals surface area contributed by atoms with Crippen LogP contribution in [-0.4, -0.2) is 32.7 Å². The molecule has 1 N–H and O–H groups in total. The van der Waals surface area contributed by atoms with Gasteiger partial charge in [0.05, 0.1) is 4.91 Å². The lowest BCUT2D eigenvalue weighted by Gasteiger charge is -2.09. The van der Waals surface area contributed by atoms with Gasteiger partial charge in [0.1, 0.15) is 10.9 Å². The number of thiocarbonyl (C=S) groups is 1. The number of amides is 1. The third-order valence-corrected chi connectivity index (χ3v) is 6.24. The van der Waals surface area contributed by atoms with Crippen LogP contribution in [0.5, 0.6) is 0 Å². The van der Waals surface area contributed by atoms with Crippen molar-refractivity contribution in [1.82, 2.24) is 4.90 Å². The first-order chi connectivity index (χ1) is 14.6. The van der Waals surface area contributed by atoms with Gasteiger partial charge in [-0.2, -0.15) is 0 Å². The lowest BCUT2D eigenvalue weighted by molar-refractivity contribution is -0.140. The maximum absolute atomic E-state index is 12.2. The Morgan fingerprint density at radius 2 is 1.45 bits per heavy atom. The summed E-state index contributed by atoms with van der Waals surface area (Å²) in [5, 5.41) is 8.88. The van der Waals surface area contributed by atoms with Gasteiger partial charge >= 0.3 is 5.97 Å². The Balaban J connectivity index is 2.44. The molecule has 1 aliphatic rings. The highest BCUT2D eigenvalue weighted by Crippen LogP contribution is 2.30. The smallest absolute Gasteiger partial charge is 0.323 e. The fourth-order valence-electron chi connectivity index (χ4n) is 2.97. The van der Waals surface area contributed by atoms with E-state index in [1.54, 1.807) is 6.08 Å². The first kappa shape index (κ1) is 27.1. The second kappa shape index (κ2) is 14.2. The summed E-state index contributed by atoms with van der Waals surface area (Å²) in [6.07, 6.45) is 16.9. The quantitative estimate of drug-likeness (QED) is 0.193. The Morgan fingerprint density at radius 3 is 1.97 bits per heavy atom. The zero-order chi connectivity index (χ0) is 23.4. The van der Waals surface area contributed by atoms with Crippen LogP contribution in [0.1, 0.15) is 73.1 Å². The van der Waals surface area contributed by atoms with Crippen molar-refractivity contribution in [2.75, 3.05) is 6.54 Å². The molecule has 0 aromatic carbocycles. The van der Waals surface area contributed by atoms with Crippen LogP contribution in [0.15, 0.2) is 57.6 Å². The Kier molecular flexibility index (Phi) is 12.4. The number of hydrogen-bond donors (Lipinski definition) is 1. The van der Waals surface area contributed by atoms with E-state index in [-0.39, 0.29) is 12.5 Å². The van der Waals surface area contributed by atoms with Crippen LogP contribution in [-0.2, 0) is 9.59 Å². The van der Waals surface area contributed by atoms with Crippen LogP contribution in [0, 0.1) is 0 Å². The van der Waals surface area contributed by atoms with Crippen molar-refractivity contribution < 1.29 is 14.7 Å². The minimum atomic E-state index is -1.07. The van der Waals surface area contributed by atoms with Gasteiger partial charge in [-0.15, -0.1) is 0 Å². The first-order valence-electron chi connectivity index (χ1n) is 10.7. The van der Waals surface area contributed by atoms with Crippen molar-refractivity contribution in [3.8, 4) is 0 Å². The number of aliphatic carboxylic acids is 1. The monoisotopic (exact) mass is 461 g/mol. The molecule has 31 heavy (non-hydrogen) atoms. The van der Waals surface area contributed by atoms with E-state index in [4.69, 9.17) is 17.3 Å². The summed E-state index contributed by atoms with van der Waals surface area (Å²) in [4.78, 5) is 24.7. The molecule has 1 heterocycles. The fraction of sp³-hybridized carbons (Fsp3) is 0.480. The predicted octanol–water partition coefficient (Wildman–Crippen LogP) is 6.96. The minimum absolute atomic E-state index is 0.296. The summed E-state index contributed by atoms with van der Waals surface area (Å²) in [7, 11) is 0. The Hall–Kier alpha value is -1.92. The molecule has 1 aliphatic heterocycles. The topological polar surface area (TPSA) is 57.6 Å². The lowest BCUT2D eigenvalue weighted by Crippen LogP contribution is -2.33. The van der Waals surface area contributed by atoms with E-state index in [0.717, 1.165) is 55.2 Å². The molecule has 1 saturated heterocycles. The molecule has 6 heteroatoms. The van der Waals surface area contributed by atoms with Crippen molar-refractivity contribution in [3.63, 3.8) is 0 Å². The maximum Gasteiger partial charge on any atom is 0.323 e. The number of thioether (sulfide) groups is 1. The van der Waals surface area contributed by atoms with E-state index in [9.17, 15) is 9.59 Å². The van der Waals surface area contributed by atoms with Gasteiger partial charge in [-0.3, -0.25) is 14.5 Å². The summed E-state index contributed by atoms with van der Waals surface area (Å²) in [5.41, 5.74) is 5.40. The highest BCUT2D eigenvalue weighted by molar-refractivity contribution is 8.26. The van der Waals surface area contributed by atoms with Crippen LogP contribution in [0.3, 0.4) is 0 Å². The van der Waals surface area contributed by atoms with Gasteiger partial charge in [-0.1, -0.05) is 70.6 Å². The summed E-state index contributed by atoms with van der Waals surface area (Å²) in [6, 6.07) is 0. The van der Waals surface area contributed by atoms with Crippen molar-refractivity contribution in [2.24, 2.45) is 0 Å². The van der Waals surface area contributed by atoms with Crippen LogP contribution in [0.2, 0.25) is 0 Å². The molecule has 0 radical (unpaired) electrons. The first-order valence-corrected chi connectivity index (χ1v) is 11.9. The number of carbonyl (C=O) groups excluding carboxylic acids is 1. The van der Waals surface area contributed by atoms with Gasteiger partial charge in [0.25, 0.3) is 5.91 Å². The molecule has 0 aromatic rings. The normalized spacial score (nSPS) is 17.0. The number of carboxylic acid groups (broad SMARTS) is 1. The van der Waals surface area contributed by atoms with Crippen molar-refractivity contribution in [3.05, 3.63) is 57.6 Å². The predicted molar refractivity (Wildman–Crippen MR) is 136 cm³/mol. The SMILES string of the molecule is CC(C)=CCC/C(C)=C/CC/C(C)=C/CC/C(C)=C/C=C1\SC(=S)N(CC(=O)O)C1=O.